The first-order valence-corrected chi connectivity index (χ1v) is 10.4. The highest BCUT2D eigenvalue weighted by atomic mass is 79.9. The fourth-order valence-corrected chi connectivity index (χ4v) is 3.57. The Morgan fingerprint density at radius 1 is 1.12 bits per heavy atom. The number of nitrogens with zero attached hydrogens (tertiary/aromatic N) is 4. The zero-order chi connectivity index (χ0) is 23.3. The van der Waals surface area contributed by atoms with Crippen LogP contribution in [-0.4, -0.2) is 23.9 Å². The molecule has 0 aliphatic heterocycles. The Balaban J connectivity index is 1.98. The van der Waals surface area contributed by atoms with Gasteiger partial charge in [-0.2, -0.15) is 10.4 Å². The van der Waals surface area contributed by atoms with E-state index in [2.05, 4.69) is 26.2 Å². The van der Waals surface area contributed by atoms with Gasteiger partial charge in [-0.25, -0.2) is 0 Å². The van der Waals surface area contributed by atoms with Crippen molar-refractivity contribution in [2.75, 3.05) is 14.2 Å². The van der Waals surface area contributed by atoms with Crippen LogP contribution in [0, 0.1) is 18.3 Å². The van der Waals surface area contributed by atoms with Crippen molar-refractivity contribution in [3.63, 3.8) is 0 Å². The molecule has 1 aromatic heterocycles. The summed E-state index contributed by atoms with van der Waals surface area (Å²) in [7, 11) is 3.09. The third-order valence-corrected chi connectivity index (χ3v) is 5.41. The van der Waals surface area contributed by atoms with Gasteiger partial charge < -0.3 is 14.6 Å². The molecule has 3 rings (SSSR count). The second kappa shape index (κ2) is 10.1. The monoisotopic (exact) mass is 496 g/mol. The maximum Gasteiger partial charge on any atom is 0.281 e. The van der Waals surface area contributed by atoms with Crippen molar-refractivity contribution >= 4 is 27.3 Å². The molecule has 32 heavy (non-hydrogen) atoms. The lowest BCUT2D eigenvalue weighted by molar-refractivity contribution is 0.354. The number of ether oxygens (including phenoxy) is 2. The highest BCUT2D eigenvalue weighted by Gasteiger charge is 2.19. The van der Waals surface area contributed by atoms with Gasteiger partial charge in [-0.15, -0.1) is 5.11 Å². The molecule has 1 heterocycles. The number of halogens is 1. The standard InChI is InChI=1S/C23H21BrN4O4/c1-14-18(13-25)22(29)28(10-9-15-7-8-19(31-2)20(11-15)32-3)23(30)21(14)27-26-17-6-4-5-16(24)12-17/h4-8,11-12,29H,9-10H2,1-3H3. The molecule has 0 aliphatic rings. The fourth-order valence-electron chi connectivity index (χ4n) is 3.19. The molecule has 0 saturated heterocycles. The first kappa shape index (κ1) is 23.0. The number of aromatic hydroxyl groups is 1. The lowest BCUT2D eigenvalue weighted by Gasteiger charge is -2.14. The summed E-state index contributed by atoms with van der Waals surface area (Å²) in [5, 5.41) is 28.3. The summed E-state index contributed by atoms with van der Waals surface area (Å²) in [5.74, 6) is 0.761. The summed E-state index contributed by atoms with van der Waals surface area (Å²) in [6.45, 7) is 1.70. The summed E-state index contributed by atoms with van der Waals surface area (Å²) < 4.78 is 12.5. The van der Waals surface area contributed by atoms with Gasteiger partial charge in [-0.3, -0.25) is 9.36 Å². The SMILES string of the molecule is COc1ccc(CCn2c(O)c(C#N)c(C)c(N=Nc3cccc(Br)c3)c2=O)cc1OC. The van der Waals surface area contributed by atoms with E-state index in [0.717, 1.165) is 14.6 Å². The van der Waals surface area contributed by atoms with Crippen molar-refractivity contribution in [2.45, 2.75) is 19.9 Å². The second-order valence-electron chi connectivity index (χ2n) is 6.86. The summed E-state index contributed by atoms with van der Waals surface area (Å²) in [4.78, 5) is 13.1. The molecule has 0 fully saturated rings. The number of benzene rings is 2. The minimum Gasteiger partial charge on any atom is -0.493 e. The topological polar surface area (TPSA) is 109 Å². The van der Waals surface area contributed by atoms with E-state index in [1.807, 2.05) is 18.2 Å². The Labute approximate surface area is 193 Å². The number of aromatic nitrogens is 1. The fraction of sp³-hybridized carbons (Fsp3) is 0.217. The zero-order valence-corrected chi connectivity index (χ0v) is 19.4. The molecule has 0 atom stereocenters. The molecular formula is C23H21BrN4O4. The Bertz CT molecular complexity index is 1280. The number of hydrogen-bond acceptors (Lipinski definition) is 7. The molecule has 1 N–H and O–H groups in total. The molecule has 164 valence electrons. The predicted molar refractivity (Wildman–Crippen MR) is 123 cm³/mol. The van der Waals surface area contributed by atoms with E-state index >= 15 is 0 Å². The highest BCUT2D eigenvalue weighted by molar-refractivity contribution is 9.10. The molecule has 2 aromatic carbocycles. The highest BCUT2D eigenvalue weighted by Crippen LogP contribution is 2.30. The van der Waals surface area contributed by atoms with Crippen LogP contribution in [0.3, 0.4) is 0 Å². The molecule has 8 nitrogen and oxygen atoms in total. The Morgan fingerprint density at radius 2 is 1.88 bits per heavy atom. The van der Waals surface area contributed by atoms with E-state index < -0.39 is 11.4 Å². The summed E-state index contributed by atoms with van der Waals surface area (Å²) in [6, 6.07) is 14.5. The van der Waals surface area contributed by atoms with Gasteiger partial charge in [0.2, 0.25) is 5.88 Å². The third kappa shape index (κ3) is 4.81. The van der Waals surface area contributed by atoms with Crippen LogP contribution in [0.5, 0.6) is 17.4 Å². The van der Waals surface area contributed by atoms with Crippen molar-refractivity contribution in [3.05, 3.63) is 74.0 Å². The number of nitriles is 1. The number of aryl methyl sites for hydroxylation is 1. The minimum atomic E-state index is -0.529. The summed E-state index contributed by atoms with van der Waals surface area (Å²) in [6.07, 6.45) is 0.407. The Kier molecular flexibility index (Phi) is 7.28. The van der Waals surface area contributed by atoms with Gasteiger partial charge in [0.15, 0.2) is 17.2 Å². The van der Waals surface area contributed by atoms with E-state index in [1.165, 1.54) is 0 Å². The van der Waals surface area contributed by atoms with Crippen LogP contribution >= 0.6 is 15.9 Å². The van der Waals surface area contributed by atoms with Crippen LogP contribution in [0.4, 0.5) is 11.4 Å². The van der Waals surface area contributed by atoms with Gasteiger partial charge in [0.1, 0.15) is 11.6 Å². The second-order valence-corrected chi connectivity index (χ2v) is 7.78. The number of methoxy groups -OCH3 is 2. The molecule has 3 aromatic rings. The molecule has 0 radical (unpaired) electrons. The maximum atomic E-state index is 13.1. The van der Waals surface area contributed by atoms with Crippen molar-refractivity contribution in [3.8, 4) is 23.4 Å². The molecular weight excluding hydrogens is 476 g/mol. The van der Waals surface area contributed by atoms with E-state index in [9.17, 15) is 15.2 Å². The number of pyridine rings is 1. The largest absolute Gasteiger partial charge is 0.493 e. The first-order valence-electron chi connectivity index (χ1n) is 9.64. The van der Waals surface area contributed by atoms with Gasteiger partial charge in [-0.05, 0) is 49.2 Å². The molecule has 0 amide bonds. The van der Waals surface area contributed by atoms with Crippen LogP contribution in [0.1, 0.15) is 16.7 Å². The van der Waals surface area contributed by atoms with E-state index in [1.54, 1.807) is 51.5 Å². The molecule has 0 saturated carbocycles. The zero-order valence-electron chi connectivity index (χ0n) is 17.8. The van der Waals surface area contributed by atoms with E-state index in [0.29, 0.717) is 23.6 Å². The van der Waals surface area contributed by atoms with Gasteiger partial charge >= 0.3 is 0 Å². The summed E-state index contributed by atoms with van der Waals surface area (Å²) >= 11 is 3.36. The van der Waals surface area contributed by atoms with Gasteiger partial charge in [0, 0.05) is 16.6 Å². The maximum absolute atomic E-state index is 13.1. The Morgan fingerprint density at radius 3 is 2.53 bits per heavy atom. The van der Waals surface area contributed by atoms with Crippen LogP contribution in [-0.2, 0) is 13.0 Å². The minimum absolute atomic E-state index is 0.00615. The van der Waals surface area contributed by atoms with Crippen molar-refractivity contribution in [1.82, 2.24) is 4.57 Å². The average Bonchev–Trinajstić information content (AvgIpc) is 2.79. The number of rotatable bonds is 7. The molecule has 0 aliphatic carbocycles. The van der Waals surface area contributed by atoms with Gasteiger partial charge in [-0.1, -0.05) is 28.1 Å². The van der Waals surface area contributed by atoms with Crippen LogP contribution in [0.15, 0.2) is 62.0 Å². The van der Waals surface area contributed by atoms with Gasteiger partial charge in [0.25, 0.3) is 5.56 Å². The van der Waals surface area contributed by atoms with Crippen LogP contribution in [0.25, 0.3) is 0 Å². The van der Waals surface area contributed by atoms with E-state index in [4.69, 9.17) is 9.47 Å². The normalized spacial score (nSPS) is 10.8. The molecule has 0 bridgehead atoms. The van der Waals surface area contributed by atoms with Crippen molar-refractivity contribution in [2.24, 2.45) is 10.2 Å². The van der Waals surface area contributed by atoms with Crippen molar-refractivity contribution in [1.29, 1.82) is 5.26 Å². The smallest absolute Gasteiger partial charge is 0.281 e. The molecule has 0 spiro atoms. The lowest BCUT2D eigenvalue weighted by atomic mass is 10.1. The average molecular weight is 497 g/mol. The molecule has 9 heteroatoms. The van der Waals surface area contributed by atoms with Gasteiger partial charge in [0.05, 0.1) is 19.9 Å². The van der Waals surface area contributed by atoms with Crippen molar-refractivity contribution < 1.29 is 14.6 Å². The first-order chi connectivity index (χ1) is 15.4. The summed E-state index contributed by atoms with van der Waals surface area (Å²) in [5.41, 5.74) is 1.15. The predicted octanol–water partition coefficient (Wildman–Crippen LogP) is 5.17. The van der Waals surface area contributed by atoms with E-state index in [-0.39, 0.29) is 23.4 Å². The number of azo groups is 1. The quantitative estimate of drug-likeness (QED) is 0.453. The third-order valence-electron chi connectivity index (χ3n) is 4.91. The Hall–Kier alpha value is -3.64. The van der Waals surface area contributed by atoms with Crippen LogP contribution in [0.2, 0.25) is 0 Å². The lowest BCUT2D eigenvalue weighted by Crippen LogP contribution is -2.23. The number of hydrogen-bond donors (Lipinski definition) is 1. The molecule has 0 unspecified atom stereocenters. The van der Waals surface area contributed by atoms with Crippen LogP contribution < -0.4 is 15.0 Å².